The highest BCUT2D eigenvalue weighted by Crippen LogP contribution is 2.75. The zero-order valence-corrected chi connectivity index (χ0v) is 21.7. The van der Waals surface area contributed by atoms with Crippen LogP contribution in [-0.4, -0.2) is 65.1 Å². The molecule has 5 heteroatoms. The average molecular weight is 498 g/mol. The first-order valence-electron chi connectivity index (χ1n) is 14.8. The van der Waals surface area contributed by atoms with Gasteiger partial charge in [0.15, 0.2) is 0 Å². The molecule has 5 unspecified atom stereocenters. The molecular formula is C32H39N3O2. The Morgan fingerprint density at radius 2 is 1.97 bits per heavy atom. The third-order valence-electron chi connectivity index (χ3n) is 11.7. The predicted octanol–water partition coefficient (Wildman–Crippen LogP) is 4.34. The summed E-state index contributed by atoms with van der Waals surface area (Å²) < 4.78 is 0. The second-order valence-electron chi connectivity index (χ2n) is 13.0. The first kappa shape index (κ1) is 22.6. The number of aromatic hydroxyl groups is 1. The number of likely N-dealkylation sites (tertiary alicyclic amines) is 2. The first-order valence-corrected chi connectivity index (χ1v) is 14.8. The molecule has 2 aromatic carbocycles. The topological polar surface area (TPSA) is 55.8 Å². The zero-order chi connectivity index (χ0) is 24.8. The number of carbonyl (C=O) groups is 1. The van der Waals surface area contributed by atoms with Crippen LogP contribution in [0.4, 0.5) is 0 Å². The number of fused-ring (bicyclic) bond motifs is 1. The molecule has 2 aromatic rings. The second-order valence-corrected chi connectivity index (χ2v) is 13.0. The maximum absolute atomic E-state index is 13.7. The molecule has 0 radical (unpaired) electrons. The van der Waals surface area contributed by atoms with Crippen molar-refractivity contribution >= 4 is 5.91 Å². The molecule has 0 aromatic heterocycles. The van der Waals surface area contributed by atoms with Crippen molar-refractivity contribution in [2.75, 3.05) is 26.2 Å². The fourth-order valence-electron chi connectivity index (χ4n) is 10.7. The Balaban J connectivity index is 1.21. The molecule has 5 fully saturated rings. The van der Waals surface area contributed by atoms with Gasteiger partial charge in [0, 0.05) is 42.2 Å². The van der Waals surface area contributed by atoms with Crippen molar-refractivity contribution in [1.29, 1.82) is 0 Å². The highest BCUT2D eigenvalue weighted by atomic mass is 16.3. The first-order chi connectivity index (χ1) is 18.1. The third kappa shape index (κ3) is 2.96. The van der Waals surface area contributed by atoms with Crippen LogP contribution in [0.1, 0.15) is 66.4 Å². The summed E-state index contributed by atoms with van der Waals surface area (Å²) in [6.07, 6.45) is 9.81. The van der Waals surface area contributed by atoms with Gasteiger partial charge in [0.1, 0.15) is 5.75 Å². The number of benzene rings is 2. The summed E-state index contributed by atoms with van der Waals surface area (Å²) in [5.41, 5.74) is 4.07. The van der Waals surface area contributed by atoms with E-state index in [1.807, 2.05) is 36.4 Å². The molecule has 3 saturated heterocycles. The van der Waals surface area contributed by atoms with Crippen molar-refractivity contribution in [3.8, 4) is 5.75 Å². The monoisotopic (exact) mass is 497 g/mol. The quantitative estimate of drug-likeness (QED) is 0.662. The maximum atomic E-state index is 13.7. The second kappa shape index (κ2) is 8.07. The number of hydrogen-bond acceptors (Lipinski definition) is 4. The van der Waals surface area contributed by atoms with E-state index in [1.54, 1.807) is 0 Å². The summed E-state index contributed by atoms with van der Waals surface area (Å²) in [6, 6.07) is 17.7. The molecule has 3 heterocycles. The molecular weight excluding hydrogens is 458 g/mol. The summed E-state index contributed by atoms with van der Waals surface area (Å²) in [7, 11) is 0. The van der Waals surface area contributed by atoms with Crippen molar-refractivity contribution in [2.24, 2.45) is 17.3 Å². The van der Waals surface area contributed by atoms with Gasteiger partial charge in [-0.25, -0.2) is 0 Å². The minimum atomic E-state index is 0.0831. The van der Waals surface area contributed by atoms with E-state index in [0.29, 0.717) is 35.7 Å². The summed E-state index contributed by atoms with van der Waals surface area (Å²) >= 11 is 0. The molecule has 6 aliphatic rings. The minimum Gasteiger partial charge on any atom is -0.508 e. The summed E-state index contributed by atoms with van der Waals surface area (Å²) in [6.45, 7) is 4.38. The van der Waals surface area contributed by atoms with Crippen molar-refractivity contribution in [2.45, 2.75) is 74.9 Å². The number of carbonyl (C=O) groups excluding carboxylic acids is 1. The number of nitrogens with zero attached hydrogens (tertiary/aromatic N) is 2. The zero-order valence-electron chi connectivity index (χ0n) is 21.7. The number of rotatable bonds is 3. The van der Waals surface area contributed by atoms with Crippen LogP contribution in [-0.2, 0) is 11.8 Å². The summed E-state index contributed by atoms with van der Waals surface area (Å²) in [5, 5.41) is 14.5. The van der Waals surface area contributed by atoms with E-state index in [4.69, 9.17) is 0 Å². The molecule has 8 rings (SSSR count). The third-order valence-corrected chi connectivity index (χ3v) is 11.7. The lowest BCUT2D eigenvalue weighted by atomic mass is 9.43. The Morgan fingerprint density at radius 3 is 2.81 bits per heavy atom. The SMILES string of the molecule is O=C(c1ccccc1)N1C[C@H]2CC34CCC1C2C31CCN(C[C@@H]2CCCCN2)C4Cc2ccc(O)cc21. The number of phenols is 1. The van der Waals surface area contributed by atoms with Crippen LogP contribution in [0.25, 0.3) is 0 Å². The van der Waals surface area contributed by atoms with Gasteiger partial charge < -0.3 is 15.3 Å². The largest absolute Gasteiger partial charge is 0.508 e. The number of phenolic OH excluding ortho intramolecular Hbond substituents is 1. The standard InChI is InChI=1S/C32H39N3O2/c36-25-10-9-22-16-28-31-12-11-27-29(23(18-31)19-35(27)30(37)21-6-2-1-3-7-21)32(31,26(22)17-25)13-15-34(28)20-24-8-4-5-14-33-24/h1-3,6-7,9-10,17,23-24,27-29,33,36H,4-5,8,11-16,18-20H2/t23-,24+,27?,28?,29?,31?,32?/m1/s1. The minimum absolute atomic E-state index is 0.0831. The number of amides is 1. The maximum Gasteiger partial charge on any atom is 0.254 e. The molecule has 7 atom stereocenters. The van der Waals surface area contributed by atoms with Crippen molar-refractivity contribution in [3.63, 3.8) is 0 Å². The van der Waals surface area contributed by atoms with E-state index in [-0.39, 0.29) is 16.7 Å². The Labute approximate surface area is 220 Å². The highest BCUT2D eigenvalue weighted by Gasteiger charge is 2.76. The van der Waals surface area contributed by atoms with Crippen LogP contribution in [0.5, 0.6) is 5.75 Å². The van der Waals surface area contributed by atoms with E-state index in [1.165, 1.54) is 49.8 Å². The number of hydrogen-bond donors (Lipinski definition) is 2. The number of nitrogens with one attached hydrogen (secondary N) is 1. The molecule has 4 bridgehead atoms. The van der Waals surface area contributed by atoms with Gasteiger partial charge in [-0.3, -0.25) is 9.69 Å². The normalized spacial score (nSPS) is 39.8. The summed E-state index contributed by atoms with van der Waals surface area (Å²) in [5.74, 6) is 1.69. The lowest BCUT2D eigenvalue weighted by Gasteiger charge is -2.66. The fourth-order valence-corrected chi connectivity index (χ4v) is 10.7. The molecule has 194 valence electrons. The van der Waals surface area contributed by atoms with Crippen LogP contribution < -0.4 is 5.32 Å². The average Bonchev–Trinajstić information content (AvgIpc) is 3.38. The van der Waals surface area contributed by atoms with Crippen LogP contribution in [0, 0.1) is 17.3 Å². The fraction of sp³-hybridized carbons (Fsp3) is 0.594. The van der Waals surface area contributed by atoms with E-state index in [2.05, 4.69) is 27.2 Å². The molecule has 3 aliphatic carbocycles. The van der Waals surface area contributed by atoms with Crippen LogP contribution >= 0.6 is 0 Å². The smallest absolute Gasteiger partial charge is 0.254 e. The van der Waals surface area contributed by atoms with E-state index in [9.17, 15) is 9.90 Å². The number of piperidine rings is 2. The van der Waals surface area contributed by atoms with E-state index >= 15 is 0 Å². The molecule has 3 aliphatic heterocycles. The van der Waals surface area contributed by atoms with Gasteiger partial charge >= 0.3 is 0 Å². The van der Waals surface area contributed by atoms with E-state index < -0.39 is 0 Å². The summed E-state index contributed by atoms with van der Waals surface area (Å²) in [4.78, 5) is 18.9. The van der Waals surface area contributed by atoms with E-state index in [0.717, 1.165) is 44.5 Å². The lowest BCUT2D eigenvalue weighted by Crippen LogP contribution is -2.70. The van der Waals surface area contributed by atoms with Crippen LogP contribution in [0.15, 0.2) is 48.5 Å². The van der Waals surface area contributed by atoms with Crippen molar-refractivity contribution in [3.05, 3.63) is 65.2 Å². The molecule has 37 heavy (non-hydrogen) atoms. The van der Waals surface area contributed by atoms with Crippen LogP contribution in [0.3, 0.4) is 0 Å². The van der Waals surface area contributed by atoms with Gasteiger partial charge in [-0.2, -0.15) is 0 Å². The molecule has 0 spiro atoms. The molecule has 5 nitrogen and oxygen atoms in total. The van der Waals surface area contributed by atoms with Gasteiger partial charge in [0.05, 0.1) is 0 Å². The Bertz CT molecular complexity index is 1230. The highest BCUT2D eigenvalue weighted by molar-refractivity contribution is 5.94. The molecule has 1 amide bonds. The Morgan fingerprint density at radius 1 is 1.08 bits per heavy atom. The van der Waals surface area contributed by atoms with Gasteiger partial charge in [-0.05, 0) is 111 Å². The van der Waals surface area contributed by atoms with Gasteiger partial charge in [-0.1, -0.05) is 30.7 Å². The Hall–Kier alpha value is -2.37. The lowest BCUT2D eigenvalue weighted by molar-refractivity contribution is -0.103. The predicted molar refractivity (Wildman–Crippen MR) is 144 cm³/mol. The van der Waals surface area contributed by atoms with Crippen LogP contribution in [0.2, 0.25) is 0 Å². The van der Waals surface area contributed by atoms with Crippen molar-refractivity contribution < 1.29 is 9.90 Å². The van der Waals surface area contributed by atoms with Crippen molar-refractivity contribution in [1.82, 2.24) is 15.1 Å². The van der Waals surface area contributed by atoms with Gasteiger partial charge in [0.25, 0.3) is 5.91 Å². The molecule has 2 saturated carbocycles. The van der Waals surface area contributed by atoms with Gasteiger partial charge in [0.2, 0.25) is 0 Å². The molecule has 2 N–H and O–H groups in total. The van der Waals surface area contributed by atoms with Gasteiger partial charge in [-0.15, -0.1) is 0 Å². The Kier molecular flexibility index (Phi) is 4.93.